The fraction of sp³-hybridized carbons (Fsp3) is 0.455. The second kappa shape index (κ2) is 5.46. The van der Waals surface area contributed by atoms with E-state index in [0.717, 1.165) is 22.6 Å². The van der Waals surface area contributed by atoms with Gasteiger partial charge in [-0.25, -0.2) is 0 Å². The molecule has 0 aliphatic rings. The molecule has 88 valence electrons. The Labute approximate surface area is 94.5 Å². The molecule has 1 aromatic heterocycles. The number of hydrogen-bond donors (Lipinski definition) is 2. The zero-order valence-electron chi connectivity index (χ0n) is 9.70. The van der Waals surface area contributed by atoms with E-state index in [9.17, 15) is 4.79 Å². The Morgan fingerprint density at radius 1 is 1.56 bits per heavy atom. The van der Waals surface area contributed by atoms with Crippen molar-refractivity contribution in [2.24, 2.45) is 0 Å². The largest absolute Gasteiger partial charge is 0.496 e. The molecule has 0 radical (unpaired) electrons. The van der Waals surface area contributed by atoms with Gasteiger partial charge in [-0.2, -0.15) is 0 Å². The Hall–Kier alpha value is -1.62. The molecule has 0 aromatic carbocycles. The van der Waals surface area contributed by atoms with Gasteiger partial charge in [-0.3, -0.25) is 9.78 Å². The van der Waals surface area contributed by atoms with Crippen molar-refractivity contribution in [1.82, 2.24) is 10.3 Å². The lowest BCUT2D eigenvalue weighted by atomic mass is 10.1. The second-order valence-corrected chi connectivity index (χ2v) is 3.54. The number of carboxylic acids is 1. The second-order valence-electron chi connectivity index (χ2n) is 3.54. The van der Waals surface area contributed by atoms with Crippen molar-refractivity contribution in [3.05, 3.63) is 23.0 Å². The third-order valence-corrected chi connectivity index (χ3v) is 2.32. The zero-order chi connectivity index (χ0) is 12.1. The van der Waals surface area contributed by atoms with Crippen molar-refractivity contribution in [2.75, 3.05) is 13.7 Å². The molecule has 0 atom stereocenters. The highest BCUT2D eigenvalue weighted by Gasteiger charge is 2.09. The molecule has 0 fully saturated rings. The van der Waals surface area contributed by atoms with E-state index < -0.39 is 5.97 Å². The number of rotatable bonds is 5. The van der Waals surface area contributed by atoms with Gasteiger partial charge in [-0.05, 0) is 13.8 Å². The third-order valence-electron chi connectivity index (χ3n) is 2.32. The fourth-order valence-corrected chi connectivity index (χ4v) is 1.54. The topological polar surface area (TPSA) is 71.5 Å². The molecule has 0 saturated carbocycles. The molecule has 0 unspecified atom stereocenters. The molecule has 1 rings (SSSR count). The first-order valence-electron chi connectivity index (χ1n) is 4.97. The van der Waals surface area contributed by atoms with Gasteiger partial charge < -0.3 is 15.2 Å². The van der Waals surface area contributed by atoms with E-state index in [1.807, 2.05) is 13.8 Å². The molecule has 0 amide bonds. The van der Waals surface area contributed by atoms with E-state index in [1.165, 1.54) is 0 Å². The van der Waals surface area contributed by atoms with Crippen molar-refractivity contribution < 1.29 is 14.6 Å². The highest BCUT2D eigenvalue weighted by molar-refractivity contribution is 5.69. The number of carbonyl (C=O) groups is 1. The number of nitrogens with zero attached hydrogens (tertiary/aromatic N) is 1. The minimum atomic E-state index is -0.878. The SMILES string of the molecule is COc1c(C)cnc(CNCC(=O)O)c1C. The number of nitrogens with one attached hydrogen (secondary N) is 1. The molecular formula is C11H16N2O3. The lowest BCUT2D eigenvalue weighted by Gasteiger charge is -2.12. The van der Waals surface area contributed by atoms with Crippen LogP contribution in [-0.4, -0.2) is 29.7 Å². The summed E-state index contributed by atoms with van der Waals surface area (Å²) in [6.07, 6.45) is 1.73. The fourth-order valence-electron chi connectivity index (χ4n) is 1.54. The number of aliphatic carboxylic acids is 1. The quantitative estimate of drug-likeness (QED) is 0.777. The van der Waals surface area contributed by atoms with Gasteiger partial charge in [0.25, 0.3) is 0 Å². The number of ether oxygens (including phenoxy) is 1. The summed E-state index contributed by atoms with van der Waals surface area (Å²) in [6, 6.07) is 0. The number of pyridine rings is 1. The van der Waals surface area contributed by atoms with Crippen LogP contribution in [0.5, 0.6) is 5.75 Å². The summed E-state index contributed by atoms with van der Waals surface area (Å²) >= 11 is 0. The van der Waals surface area contributed by atoms with Gasteiger partial charge in [0.05, 0.1) is 19.3 Å². The Kier molecular flexibility index (Phi) is 4.25. The summed E-state index contributed by atoms with van der Waals surface area (Å²) in [5.41, 5.74) is 2.73. The summed E-state index contributed by atoms with van der Waals surface area (Å²) in [5, 5.41) is 11.3. The van der Waals surface area contributed by atoms with Crippen molar-refractivity contribution in [2.45, 2.75) is 20.4 Å². The van der Waals surface area contributed by atoms with Crippen molar-refractivity contribution in [3.63, 3.8) is 0 Å². The van der Waals surface area contributed by atoms with Crippen LogP contribution in [0.3, 0.4) is 0 Å². The van der Waals surface area contributed by atoms with Gasteiger partial charge in [-0.1, -0.05) is 0 Å². The molecule has 0 aliphatic heterocycles. The molecule has 0 aliphatic carbocycles. The van der Waals surface area contributed by atoms with Crippen LogP contribution in [0.4, 0.5) is 0 Å². The summed E-state index contributed by atoms with van der Waals surface area (Å²) in [6.45, 7) is 4.19. The Morgan fingerprint density at radius 2 is 2.25 bits per heavy atom. The number of aryl methyl sites for hydroxylation is 1. The normalized spacial score (nSPS) is 10.2. The van der Waals surface area contributed by atoms with E-state index >= 15 is 0 Å². The smallest absolute Gasteiger partial charge is 0.317 e. The van der Waals surface area contributed by atoms with Gasteiger partial charge in [-0.15, -0.1) is 0 Å². The molecule has 5 nitrogen and oxygen atoms in total. The van der Waals surface area contributed by atoms with Crippen molar-refractivity contribution in [1.29, 1.82) is 0 Å². The molecule has 1 heterocycles. The lowest BCUT2D eigenvalue weighted by molar-refractivity contribution is -0.136. The standard InChI is InChI=1S/C11H16N2O3/c1-7-4-13-9(5-12-6-10(14)15)8(2)11(7)16-3/h4,12H,5-6H2,1-3H3,(H,14,15). The van der Waals surface area contributed by atoms with Crippen LogP contribution < -0.4 is 10.1 Å². The molecule has 2 N–H and O–H groups in total. The number of carboxylic acid groups (broad SMARTS) is 1. The first kappa shape index (κ1) is 12.4. The minimum absolute atomic E-state index is 0.0721. The van der Waals surface area contributed by atoms with Gasteiger partial charge in [0.2, 0.25) is 0 Å². The highest BCUT2D eigenvalue weighted by Crippen LogP contribution is 2.23. The van der Waals surface area contributed by atoms with Crippen LogP contribution in [0, 0.1) is 13.8 Å². The van der Waals surface area contributed by atoms with Crippen LogP contribution in [0.1, 0.15) is 16.8 Å². The van der Waals surface area contributed by atoms with E-state index in [0.29, 0.717) is 6.54 Å². The van der Waals surface area contributed by atoms with Crippen LogP contribution in [0.2, 0.25) is 0 Å². The van der Waals surface area contributed by atoms with E-state index in [2.05, 4.69) is 10.3 Å². The molecule has 1 aromatic rings. The average Bonchev–Trinajstić information content (AvgIpc) is 2.22. The summed E-state index contributed by atoms with van der Waals surface area (Å²) in [7, 11) is 1.61. The van der Waals surface area contributed by atoms with E-state index in [1.54, 1.807) is 13.3 Å². The van der Waals surface area contributed by atoms with Crippen molar-refractivity contribution in [3.8, 4) is 5.75 Å². The Morgan fingerprint density at radius 3 is 2.81 bits per heavy atom. The summed E-state index contributed by atoms with van der Waals surface area (Å²) in [4.78, 5) is 14.6. The third kappa shape index (κ3) is 2.93. The van der Waals surface area contributed by atoms with Crippen LogP contribution in [0.15, 0.2) is 6.20 Å². The first-order chi connectivity index (χ1) is 7.56. The Balaban J connectivity index is 2.77. The maximum absolute atomic E-state index is 10.3. The average molecular weight is 224 g/mol. The molecule has 0 bridgehead atoms. The molecule has 0 spiro atoms. The van der Waals surface area contributed by atoms with Crippen LogP contribution in [-0.2, 0) is 11.3 Å². The van der Waals surface area contributed by atoms with Gasteiger partial charge in [0.1, 0.15) is 5.75 Å². The van der Waals surface area contributed by atoms with Gasteiger partial charge >= 0.3 is 5.97 Å². The molecule has 5 heteroatoms. The minimum Gasteiger partial charge on any atom is -0.496 e. The molecule has 0 saturated heterocycles. The summed E-state index contributed by atoms with van der Waals surface area (Å²) in [5.74, 6) is -0.0705. The maximum Gasteiger partial charge on any atom is 0.317 e. The lowest BCUT2D eigenvalue weighted by Crippen LogP contribution is -2.23. The monoisotopic (exact) mass is 224 g/mol. The number of hydrogen-bond acceptors (Lipinski definition) is 4. The van der Waals surface area contributed by atoms with Crippen molar-refractivity contribution >= 4 is 5.97 Å². The number of aromatic nitrogens is 1. The molecule has 16 heavy (non-hydrogen) atoms. The van der Waals surface area contributed by atoms with Crippen LogP contribution in [0.25, 0.3) is 0 Å². The maximum atomic E-state index is 10.3. The summed E-state index contributed by atoms with van der Waals surface area (Å²) < 4.78 is 5.26. The molecular weight excluding hydrogens is 208 g/mol. The van der Waals surface area contributed by atoms with Gasteiger partial charge in [0, 0.05) is 23.9 Å². The Bertz CT molecular complexity index is 391. The van der Waals surface area contributed by atoms with Crippen LogP contribution >= 0.6 is 0 Å². The van der Waals surface area contributed by atoms with E-state index in [-0.39, 0.29) is 6.54 Å². The van der Waals surface area contributed by atoms with Gasteiger partial charge in [0.15, 0.2) is 0 Å². The predicted octanol–water partition coefficient (Wildman–Crippen LogP) is 0.881. The van der Waals surface area contributed by atoms with E-state index in [4.69, 9.17) is 9.84 Å². The first-order valence-corrected chi connectivity index (χ1v) is 4.97. The zero-order valence-corrected chi connectivity index (χ0v) is 9.70. The predicted molar refractivity (Wildman–Crippen MR) is 59.6 cm³/mol. The highest BCUT2D eigenvalue weighted by atomic mass is 16.5. The number of methoxy groups -OCH3 is 1.